The monoisotopic (exact) mass is 441 g/mol. The van der Waals surface area contributed by atoms with Crippen LogP contribution in [0, 0.1) is 11.3 Å². The predicted molar refractivity (Wildman–Crippen MR) is 119 cm³/mol. The number of esters is 1. The van der Waals surface area contributed by atoms with Gasteiger partial charge < -0.3 is 23.7 Å². The summed E-state index contributed by atoms with van der Waals surface area (Å²) in [7, 11) is 1.32. The van der Waals surface area contributed by atoms with Crippen molar-refractivity contribution in [3.63, 3.8) is 0 Å². The van der Waals surface area contributed by atoms with Gasteiger partial charge in [0.25, 0.3) is 0 Å². The van der Waals surface area contributed by atoms with Gasteiger partial charge in [-0.1, -0.05) is 0 Å². The van der Waals surface area contributed by atoms with Crippen molar-refractivity contribution in [3.05, 3.63) is 35.4 Å². The van der Waals surface area contributed by atoms with E-state index in [0.29, 0.717) is 42.3 Å². The van der Waals surface area contributed by atoms with Crippen LogP contribution in [0.3, 0.4) is 0 Å². The third kappa shape index (κ3) is 6.35. The minimum atomic E-state index is -0.530. The maximum absolute atomic E-state index is 12.6. The predicted octanol–water partition coefficient (Wildman–Crippen LogP) is 4.59. The number of carbonyl (C=O) groups excluding carboxylic acids is 1. The van der Waals surface area contributed by atoms with E-state index in [-0.39, 0.29) is 11.3 Å². The standard InChI is InChI=1S/C25H31NO6/c1-28-25(27)23-21-11-9-19-8-10-20(21)22(18-26)24(23)32-17-7-5-15-30-13-3-2-12-29-14-4-6-16-31-19/h8-11H,2-7,12-17H2,1H3. The largest absolute Gasteiger partial charge is 0.494 e. The summed E-state index contributed by atoms with van der Waals surface area (Å²) in [6.07, 6.45) is 5.35. The van der Waals surface area contributed by atoms with Crippen molar-refractivity contribution in [1.82, 2.24) is 0 Å². The van der Waals surface area contributed by atoms with E-state index < -0.39 is 5.97 Å². The third-order valence-corrected chi connectivity index (χ3v) is 5.32. The highest BCUT2D eigenvalue weighted by Gasteiger charge is 2.29. The molecule has 0 atom stereocenters. The van der Waals surface area contributed by atoms with Gasteiger partial charge in [-0.05, 0) is 62.8 Å². The number of fused-ring (bicyclic) bond motifs is 17. The molecule has 0 saturated heterocycles. The second-order valence-corrected chi connectivity index (χ2v) is 7.62. The van der Waals surface area contributed by atoms with E-state index >= 15 is 0 Å². The van der Waals surface area contributed by atoms with Gasteiger partial charge in [0, 0.05) is 37.6 Å². The maximum Gasteiger partial charge on any atom is 0.342 e. The zero-order valence-electron chi connectivity index (χ0n) is 18.7. The first-order valence-corrected chi connectivity index (χ1v) is 11.3. The number of carbonyl (C=O) groups is 1. The number of rotatable bonds is 1. The summed E-state index contributed by atoms with van der Waals surface area (Å²) in [4.78, 5) is 12.6. The lowest BCUT2D eigenvalue weighted by atomic mass is 10.1. The van der Waals surface area contributed by atoms with Gasteiger partial charge in [-0.3, -0.25) is 0 Å². The lowest BCUT2D eigenvalue weighted by molar-refractivity contribution is 0.0597. The fourth-order valence-corrected chi connectivity index (χ4v) is 3.62. The highest BCUT2D eigenvalue weighted by atomic mass is 16.5. The van der Waals surface area contributed by atoms with Gasteiger partial charge in [0.05, 0.1) is 20.3 Å². The molecule has 2 aliphatic heterocycles. The normalized spacial score (nSPS) is 17.0. The van der Waals surface area contributed by atoms with Crippen molar-refractivity contribution in [1.29, 1.82) is 5.26 Å². The summed E-state index contributed by atoms with van der Waals surface area (Å²) in [5.41, 5.74) is 1.85. The van der Waals surface area contributed by atoms with Crippen LogP contribution in [-0.2, 0) is 14.2 Å². The zero-order chi connectivity index (χ0) is 22.6. The molecule has 4 bridgehead atoms. The summed E-state index contributed by atoms with van der Waals surface area (Å²) in [5.74, 6) is 0.426. The highest BCUT2D eigenvalue weighted by Crippen LogP contribution is 2.42. The molecule has 2 heterocycles. The second-order valence-electron chi connectivity index (χ2n) is 7.62. The van der Waals surface area contributed by atoms with Crippen LogP contribution >= 0.6 is 0 Å². The van der Waals surface area contributed by atoms with E-state index in [4.69, 9.17) is 23.7 Å². The molecule has 0 amide bonds. The van der Waals surface area contributed by atoms with Gasteiger partial charge in [-0.15, -0.1) is 0 Å². The van der Waals surface area contributed by atoms with E-state index in [1.807, 2.05) is 6.07 Å². The Morgan fingerprint density at radius 3 is 1.91 bits per heavy atom. The molecular formula is C25H31NO6. The quantitative estimate of drug-likeness (QED) is 0.598. The molecule has 32 heavy (non-hydrogen) atoms. The summed E-state index contributed by atoms with van der Waals surface area (Å²) in [6.45, 7) is 3.79. The summed E-state index contributed by atoms with van der Waals surface area (Å²) in [6, 6.07) is 9.40. The molecule has 0 aromatic rings. The van der Waals surface area contributed by atoms with Gasteiger partial charge in [0.2, 0.25) is 0 Å². The lowest BCUT2D eigenvalue weighted by Gasteiger charge is -2.09. The first-order valence-electron chi connectivity index (χ1n) is 11.3. The Labute approximate surface area is 189 Å². The minimum absolute atomic E-state index is 0.275. The zero-order valence-corrected chi connectivity index (χ0v) is 18.7. The first-order chi connectivity index (χ1) is 15.8. The topological polar surface area (TPSA) is 87.0 Å². The number of hydrogen-bond acceptors (Lipinski definition) is 7. The van der Waals surface area contributed by atoms with E-state index in [0.717, 1.165) is 58.3 Å². The molecule has 0 fully saturated rings. The Morgan fingerprint density at radius 1 is 0.812 bits per heavy atom. The Balaban J connectivity index is 1.85. The van der Waals surface area contributed by atoms with Crippen LogP contribution in [0.15, 0.2) is 24.3 Å². The molecule has 0 N–H and O–H groups in total. The van der Waals surface area contributed by atoms with Crippen molar-refractivity contribution in [2.24, 2.45) is 0 Å². The van der Waals surface area contributed by atoms with Crippen molar-refractivity contribution in [2.45, 2.75) is 38.5 Å². The number of hydrogen-bond donors (Lipinski definition) is 0. The highest BCUT2D eigenvalue weighted by molar-refractivity contribution is 6.05. The smallest absolute Gasteiger partial charge is 0.342 e. The summed E-state index contributed by atoms with van der Waals surface area (Å²) < 4.78 is 28.1. The van der Waals surface area contributed by atoms with Crippen LogP contribution in [0.1, 0.15) is 54.4 Å². The molecule has 0 spiro atoms. The Bertz CT molecular complexity index is 891. The third-order valence-electron chi connectivity index (χ3n) is 5.32. The Kier molecular flexibility index (Phi) is 9.60. The second kappa shape index (κ2) is 12.9. The number of ether oxygens (including phenoxy) is 5. The number of nitrogens with zero attached hydrogens (tertiary/aromatic N) is 1. The first kappa shape index (κ1) is 23.8. The molecule has 4 rings (SSSR count). The van der Waals surface area contributed by atoms with E-state index in [1.165, 1.54) is 7.11 Å². The number of nitriles is 1. The van der Waals surface area contributed by atoms with Gasteiger partial charge in [0.1, 0.15) is 22.9 Å². The molecule has 0 saturated carbocycles. The molecule has 2 aliphatic carbocycles. The molecule has 7 heteroatoms. The maximum atomic E-state index is 12.6. The molecule has 0 aromatic heterocycles. The van der Waals surface area contributed by atoms with Crippen molar-refractivity contribution in [2.75, 3.05) is 46.8 Å². The fourth-order valence-electron chi connectivity index (χ4n) is 3.62. The molecule has 0 radical (unpaired) electrons. The van der Waals surface area contributed by atoms with Crippen LogP contribution in [0.2, 0.25) is 0 Å². The average Bonchev–Trinajstić information content (AvgIpc) is 2.95. The van der Waals surface area contributed by atoms with Gasteiger partial charge in [-0.25, -0.2) is 4.79 Å². The minimum Gasteiger partial charge on any atom is -0.494 e. The van der Waals surface area contributed by atoms with Gasteiger partial charge in [-0.2, -0.15) is 5.26 Å². The Morgan fingerprint density at radius 2 is 1.34 bits per heavy atom. The van der Waals surface area contributed by atoms with E-state index in [9.17, 15) is 10.1 Å². The van der Waals surface area contributed by atoms with Gasteiger partial charge >= 0.3 is 5.97 Å². The lowest BCUT2D eigenvalue weighted by Crippen LogP contribution is -2.07. The van der Waals surface area contributed by atoms with Crippen LogP contribution in [-0.4, -0.2) is 52.7 Å². The fraction of sp³-hybridized carbons (Fsp3) is 0.520. The molecule has 0 unspecified atom stereocenters. The average molecular weight is 442 g/mol. The molecule has 7 nitrogen and oxygen atoms in total. The molecule has 0 aromatic carbocycles. The van der Waals surface area contributed by atoms with E-state index in [2.05, 4.69) is 6.07 Å². The van der Waals surface area contributed by atoms with Crippen LogP contribution in [0.5, 0.6) is 11.5 Å². The SMILES string of the molecule is COC(=O)c1c2ccc3ccc-2c(C#N)c1OCCCCOCCCCOCCCCO3. The van der Waals surface area contributed by atoms with Crippen molar-refractivity contribution in [3.8, 4) is 28.7 Å². The Hall–Kier alpha value is -2.82. The number of methoxy groups -OCH3 is 1. The van der Waals surface area contributed by atoms with Crippen LogP contribution in [0.4, 0.5) is 0 Å². The molecule has 172 valence electrons. The molecular weight excluding hydrogens is 410 g/mol. The summed E-state index contributed by atoms with van der Waals surface area (Å²) >= 11 is 0. The van der Waals surface area contributed by atoms with Crippen LogP contribution < -0.4 is 9.47 Å². The van der Waals surface area contributed by atoms with Crippen molar-refractivity contribution >= 4 is 5.97 Å². The van der Waals surface area contributed by atoms with Gasteiger partial charge in [0.15, 0.2) is 5.75 Å². The van der Waals surface area contributed by atoms with Crippen molar-refractivity contribution < 1.29 is 28.5 Å². The molecule has 4 aliphatic rings. The summed E-state index contributed by atoms with van der Waals surface area (Å²) in [5, 5.41) is 9.82. The van der Waals surface area contributed by atoms with Crippen LogP contribution in [0.25, 0.3) is 11.1 Å². The van der Waals surface area contributed by atoms with E-state index in [1.54, 1.807) is 18.2 Å².